The maximum Gasteiger partial charge on any atom is 0.295 e. The van der Waals surface area contributed by atoms with E-state index in [0.717, 1.165) is 30.4 Å². The van der Waals surface area contributed by atoms with E-state index in [-0.39, 0.29) is 11.3 Å². The zero-order valence-corrected chi connectivity index (χ0v) is 19.9. The van der Waals surface area contributed by atoms with Crippen LogP contribution in [0.25, 0.3) is 5.76 Å². The standard InChI is InChI=1S/C27H33NO5/c1-5-8-9-15-28-24(19-12-10-11-18(4)16-19)23(26(30)27(28)31)25(29)21-14-13-20(32-6-2)17-22(21)33-7-3/h10-14,16-17,24,29H,5-9,15H2,1-4H3/b25-23-. The molecule has 1 unspecified atom stereocenters. The molecule has 0 bridgehead atoms. The number of ether oxygens (including phenoxy) is 2. The third-order valence-corrected chi connectivity index (χ3v) is 5.72. The Balaban J connectivity index is 2.16. The fourth-order valence-corrected chi connectivity index (χ4v) is 4.20. The van der Waals surface area contributed by atoms with E-state index in [1.807, 2.05) is 45.0 Å². The van der Waals surface area contributed by atoms with Crippen molar-refractivity contribution in [3.63, 3.8) is 0 Å². The minimum atomic E-state index is -0.674. The van der Waals surface area contributed by atoms with E-state index in [1.165, 1.54) is 0 Å². The molecule has 33 heavy (non-hydrogen) atoms. The number of aliphatic hydroxyl groups excluding tert-OH is 1. The number of amides is 1. The van der Waals surface area contributed by atoms with E-state index < -0.39 is 17.7 Å². The molecule has 1 amide bonds. The van der Waals surface area contributed by atoms with Crippen molar-refractivity contribution in [1.82, 2.24) is 4.90 Å². The van der Waals surface area contributed by atoms with Crippen LogP contribution in [0.4, 0.5) is 0 Å². The van der Waals surface area contributed by atoms with Gasteiger partial charge in [0, 0.05) is 12.6 Å². The van der Waals surface area contributed by atoms with Gasteiger partial charge in [-0.1, -0.05) is 49.6 Å². The van der Waals surface area contributed by atoms with E-state index in [1.54, 1.807) is 23.1 Å². The van der Waals surface area contributed by atoms with E-state index in [0.29, 0.717) is 36.8 Å². The van der Waals surface area contributed by atoms with Crippen molar-refractivity contribution < 1.29 is 24.2 Å². The minimum absolute atomic E-state index is 0.0900. The number of ketones is 1. The second kappa shape index (κ2) is 11.0. The lowest BCUT2D eigenvalue weighted by Gasteiger charge is -2.25. The van der Waals surface area contributed by atoms with Crippen LogP contribution >= 0.6 is 0 Å². The lowest BCUT2D eigenvalue weighted by Crippen LogP contribution is -2.30. The number of carbonyl (C=O) groups excluding carboxylic acids is 2. The summed E-state index contributed by atoms with van der Waals surface area (Å²) in [7, 11) is 0. The Bertz CT molecular complexity index is 1040. The molecule has 6 nitrogen and oxygen atoms in total. The lowest BCUT2D eigenvalue weighted by atomic mass is 9.94. The van der Waals surface area contributed by atoms with Gasteiger partial charge < -0.3 is 19.5 Å². The predicted molar refractivity (Wildman–Crippen MR) is 128 cm³/mol. The third-order valence-electron chi connectivity index (χ3n) is 5.72. The van der Waals surface area contributed by atoms with E-state index >= 15 is 0 Å². The number of hydrogen-bond acceptors (Lipinski definition) is 5. The van der Waals surface area contributed by atoms with Gasteiger partial charge in [-0.3, -0.25) is 9.59 Å². The lowest BCUT2D eigenvalue weighted by molar-refractivity contribution is -0.139. The highest BCUT2D eigenvalue weighted by molar-refractivity contribution is 6.46. The van der Waals surface area contributed by atoms with Crippen LogP contribution in [0.1, 0.15) is 62.8 Å². The number of aryl methyl sites for hydroxylation is 1. The van der Waals surface area contributed by atoms with Gasteiger partial charge in [0.25, 0.3) is 11.7 Å². The normalized spacial score (nSPS) is 17.5. The maximum absolute atomic E-state index is 13.2. The molecule has 2 aromatic rings. The maximum atomic E-state index is 13.2. The molecule has 1 N–H and O–H groups in total. The molecule has 176 valence electrons. The zero-order chi connectivity index (χ0) is 24.0. The molecule has 1 saturated heterocycles. The Labute approximate surface area is 195 Å². The van der Waals surface area contributed by atoms with Crippen molar-refractivity contribution in [1.29, 1.82) is 0 Å². The van der Waals surface area contributed by atoms with Crippen molar-refractivity contribution in [2.75, 3.05) is 19.8 Å². The number of unbranched alkanes of at least 4 members (excludes halogenated alkanes) is 2. The second-order valence-corrected chi connectivity index (χ2v) is 8.14. The van der Waals surface area contributed by atoms with Crippen molar-refractivity contribution in [2.24, 2.45) is 0 Å². The first-order chi connectivity index (χ1) is 15.9. The van der Waals surface area contributed by atoms with Gasteiger partial charge in [-0.2, -0.15) is 0 Å². The summed E-state index contributed by atoms with van der Waals surface area (Å²) in [4.78, 5) is 27.8. The predicted octanol–water partition coefficient (Wildman–Crippen LogP) is 5.40. The summed E-state index contributed by atoms with van der Waals surface area (Å²) in [6, 6.07) is 12.2. The fraction of sp³-hybridized carbons (Fsp3) is 0.407. The quantitative estimate of drug-likeness (QED) is 0.226. The molecule has 3 rings (SSSR count). The molecule has 0 aromatic heterocycles. The van der Waals surface area contributed by atoms with Crippen LogP contribution in [0, 0.1) is 6.92 Å². The summed E-state index contributed by atoms with van der Waals surface area (Å²) in [5.74, 6) is -0.479. The van der Waals surface area contributed by atoms with E-state index in [9.17, 15) is 14.7 Å². The molecule has 0 aliphatic carbocycles. The van der Waals surface area contributed by atoms with Crippen LogP contribution in [0.3, 0.4) is 0 Å². The Kier molecular flexibility index (Phi) is 8.15. The second-order valence-electron chi connectivity index (χ2n) is 8.14. The monoisotopic (exact) mass is 451 g/mol. The van der Waals surface area contributed by atoms with Crippen LogP contribution in [0.15, 0.2) is 48.0 Å². The van der Waals surface area contributed by atoms with Crippen molar-refractivity contribution in [2.45, 2.75) is 53.0 Å². The fourth-order valence-electron chi connectivity index (χ4n) is 4.20. The number of nitrogens with zero attached hydrogens (tertiary/aromatic N) is 1. The molecular formula is C27H33NO5. The Morgan fingerprint density at radius 1 is 1.00 bits per heavy atom. The molecule has 6 heteroatoms. The molecule has 0 spiro atoms. The summed E-state index contributed by atoms with van der Waals surface area (Å²) in [6.07, 6.45) is 2.75. The van der Waals surface area contributed by atoms with Gasteiger partial charge in [-0.05, 0) is 44.9 Å². The first-order valence-electron chi connectivity index (χ1n) is 11.7. The third kappa shape index (κ3) is 5.21. The molecule has 1 fully saturated rings. The molecule has 1 aliphatic rings. The zero-order valence-electron chi connectivity index (χ0n) is 19.9. The summed E-state index contributed by atoms with van der Waals surface area (Å²) in [6.45, 7) is 9.11. The van der Waals surface area contributed by atoms with Crippen LogP contribution in [0.2, 0.25) is 0 Å². The molecular weight excluding hydrogens is 418 g/mol. The Morgan fingerprint density at radius 3 is 2.42 bits per heavy atom. The van der Waals surface area contributed by atoms with Crippen molar-refractivity contribution in [3.8, 4) is 11.5 Å². The highest BCUT2D eigenvalue weighted by Crippen LogP contribution is 2.41. The number of hydrogen-bond donors (Lipinski definition) is 1. The Hall–Kier alpha value is -3.28. The van der Waals surface area contributed by atoms with E-state index in [4.69, 9.17) is 9.47 Å². The molecule has 0 radical (unpaired) electrons. The highest BCUT2D eigenvalue weighted by atomic mass is 16.5. The van der Waals surface area contributed by atoms with Gasteiger partial charge in [0.2, 0.25) is 0 Å². The van der Waals surface area contributed by atoms with Gasteiger partial charge in [-0.25, -0.2) is 0 Å². The number of rotatable bonds is 10. The molecule has 0 saturated carbocycles. The largest absolute Gasteiger partial charge is 0.507 e. The average molecular weight is 452 g/mol. The van der Waals surface area contributed by atoms with Crippen LogP contribution < -0.4 is 9.47 Å². The summed E-state index contributed by atoms with van der Waals surface area (Å²) in [5.41, 5.74) is 2.27. The molecule has 1 aliphatic heterocycles. The summed E-state index contributed by atoms with van der Waals surface area (Å²) >= 11 is 0. The average Bonchev–Trinajstić information content (AvgIpc) is 3.04. The first kappa shape index (κ1) is 24.4. The molecule has 1 atom stereocenters. The SMILES string of the molecule is CCCCCN1C(=O)C(=O)/C(=C(\O)c2ccc(OCC)cc2OCC)C1c1cccc(C)c1. The van der Waals surface area contributed by atoms with E-state index in [2.05, 4.69) is 6.92 Å². The smallest absolute Gasteiger partial charge is 0.295 e. The van der Waals surface area contributed by atoms with Crippen molar-refractivity contribution in [3.05, 3.63) is 64.7 Å². The minimum Gasteiger partial charge on any atom is -0.507 e. The van der Waals surface area contributed by atoms with Gasteiger partial charge >= 0.3 is 0 Å². The van der Waals surface area contributed by atoms with Crippen LogP contribution in [-0.2, 0) is 9.59 Å². The Morgan fingerprint density at radius 2 is 1.76 bits per heavy atom. The first-order valence-corrected chi connectivity index (χ1v) is 11.7. The number of Topliss-reactive ketones (excluding diaryl/α,β-unsaturated/α-hetero) is 1. The molecule has 1 heterocycles. The summed E-state index contributed by atoms with van der Waals surface area (Å²) < 4.78 is 11.3. The number of aliphatic hydroxyl groups is 1. The molecule has 2 aromatic carbocycles. The van der Waals surface area contributed by atoms with Gasteiger partial charge in [-0.15, -0.1) is 0 Å². The van der Waals surface area contributed by atoms with Gasteiger partial charge in [0.15, 0.2) is 0 Å². The van der Waals surface area contributed by atoms with Crippen molar-refractivity contribution >= 4 is 17.4 Å². The number of carbonyl (C=O) groups is 2. The summed E-state index contributed by atoms with van der Waals surface area (Å²) in [5, 5.41) is 11.4. The van der Waals surface area contributed by atoms with Crippen LogP contribution in [-0.4, -0.2) is 41.5 Å². The van der Waals surface area contributed by atoms with Gasteiger partial charge in [0.1, 0.15) is 17.3 Å². The topological polar surface area (TPSA) is 76.1 Å². The number of benzene rings is 2. The van der Waals surface area contributed by atoms with Crippen LogP contribution in [0.5, 0.6) is 11.5 Å². The number of likely N-dealkylation sites (tertiary alicyclic amines) is 1. The highest BCUT2D eigenvalue weighted by Gasteiger charge is 2.46. The van der Waals surface area contributed by atoms with Gasteiger partial charge in [0.05, 0.1) is 30.4 Å².